The van der Waals surface area contributed by atoms with Gasteiger partial charge in [0.05, 0.1) is 17.3 Å². The zero-order valence-corrected chi connectivity index (χ0v) is 14.6. The van der Waals surface area contributed by atoms with Gasteiger partial charge < -0.3 is 9.80 Å². The van der Waals surface area contributed by atoms with Crippen LogP contribution in [-0.4, -0.2) is 51.8 Å². The smallest absolute Gasteiger partial charge is 0.354 e. The molecule has 1 unspecified atom stereocenters. The van der Waals surface area contributed by atoms with Crippen LogP contribution in [0.3, 0.4) is 0 Å². The quantitative estimate of drug-likeness (QED) is 0.837. The number of pyridine rings is 1. The van der Waals surface area contributed by atoms with Crippen LogP contribution in [-0.2, 0) is 13.2 Å². The summed E-state index contributed by atoms with van der Waals surface area (Å²) in [6, 6.07) is 2.13. The molecule has 0 aliphatic carbocycles. The molecule has 0 saturated carbocycles. The number of anilines is 1. The van der Waals surface area contributed by atoms with Crippen LogP contribution < -0.4 is 4.90 Å². The van der Waals surface area contributed by atoms with E-state index < -0.39 is 11.7 Å². The summed E-state index contributed by atoms with van der Waals surface area (Å²) in [5.74, 6) is -0.269. The molecule has 1 atom stereocenters. The molecule has 26 heavy (non-hydrogen) atoms. The van der Waals surface area contributed by atoms with Crippen LogP contribution in [0.1, 0.15) is 28.8 Å². The lowest BCUT2D eigenvalue weighted by atomic mass is 10.0. The number of halogens is 3. The number of rotatable bonds is 3. The van der Waals surface area contributed by atoms with Crippen molar-refractivity contribution < 1.29 is 18.0 Å². The summed E-state index contributed by atoms with van der Waals surface area (Å²) in [6.45, 7) is 0.786. The molecule has 6 nitrogen and oxygen atoms in total. The molecule has 0 spiro atoms. The lowest BCUT2D eigenvalue weighted by molar-refractivity contribution is -0.137. The fraction of sp³-hybridized carbons (Fsp3) is 0.471. The third-order valence-electron chi connectivity index (χ3n) is 4.61. The van der Waals surface area contributed by atoms with Crippen LogP contribution in [0.5, 0.6) is 0 Å². The highest BCUT2D eigenvalue weighted by molar-refractivity contribution is 5.93. The van der Waals surface area contributed by atoms with Gasteiger partial charge in [0.15, 0.2) is 0 Å². The van der Waals surface area contributed by atoms with Gasteiger partial charge in [0.1, 0.15) is 5.82 Å². The zero-order chi connectivity index (χ0) is 18.9. The third kappa shape index (κ3) is 3.66. The predicted molar refractivity (Wildman–Crippen MR) is 89.8 cm³/mol. The van der Waals surface area contributed by atoms with E-state index in [2.05, 4.69) is 10.1 Å². The Balaban J connectivity index is 1.79. The molecular weight excluding hydrogens is 347 g/mol. The molecule has 2 aromatic heterocycles. The minimum absolute atomic E-state index is 0.0769. The van der Waals surface area contributed by atoms with Crippen molar-refractivity contribution in [3.8, 4) is 0 Å². The average Bonchev–Trinajstić information content (AvgIpc) is 3.06. The highest BCUT2D eigenvalue weighted by Gasteiger charge is 2.37. The Morgan fingerprint density at radius 3 is 2.81 bits per heavy atom. The van der Waals surface area contributed by atoms with Crippen molar-refractivity contribution in [2.45, 2.75) is 25.1 Å². The van der Waals surface area contributed by atoms with Crippen LogP contribution in [0.2, 0.25) is 0 Å². The molecule has 0 N–H and O–H groups in total. The van der Waals surface area contributed by atoms with E-state index in [-0.39, 0.29) is 17.8 Å². The molecule has 140 valence electrons. The Labute approximate surface area is 149 Å². The van der Waals surface area contributed by atoms with Gasteiger partial charge >= 0.3 is 6.18 Å². The Morgan fingerprint density at radius 2 is 2.15 bits per heavy atom. The fourth-order valence-corrected chi connectivity index (χ4v) is 3.23. The van der Waals surface area contributed by atoms with Crippen molar-refractivity contribution in [2.75, 3.05) is 25.0 Å². The summed E-state index contributed by atoms with van der Waals surface area (Å²) in [4.78, 5) is 19.7. The van der Waals surface area contributed by atoms with E-state index in [0.717, 1.165) is 12.5 Å². The summed E-state index contributed by atoms with van der Waals surface area (Å²) in [5.41, 5.74) is -0.289. The van der Waals surface area contributed by atoms with Crippen molar-refractivity contribution in [1.82, 2.24) is 19.7 Å². The van der Waals surface area contributed by atoms with E-state index in [4.69, 9.17) is 0 Å². The number of likely N-dealkylation sites (N-methyl/N-ethyl adjacent to an activating group) is 1. The molecule has 2 aromatic rings. The van der Waals surface area contributed by atoms with Gasteiger partial charge in [-0.15, -0.1) is 0 Å². The molecule has 1 aliphatic heterocycles. The minimum atomic E-state index is -4.46. The first-order chi connectivity index (χ1) is 12.3. The Kier molecular flexibility index (Phi) is 4.88. The van der Waals surface area contributed by atoms with Crippen molar-refractivity contribution in [2.24, 2.45) is 7.05 Å². The van der Waals surface area contributed by atoms with Gasteiger partial charge in [-0.25, -0.2) is 4.98 Å². The summed E-state index contributed by atoms with van der Waals surface area (Å²) in [5, 5.41) is 3.99. The second kappa shape index (κ2) is 6.97. The number of nitrogens with zero attached hydrogens (tertiary/aromatic N) is 5. The first-order valence-corrected chi connectivity index (χ1v) is 8.30. The molecule has 1 amide bonds. The number of piperidine rings is 1. The summed E-state index contributed by atoms with van der Waals surface area (Å²) in [6.07, 6.45) is 1.42. The van der Waals surface area contributed by atoms with Gasteiger partial charge in [0, 0.05) is 45.6 Å². The molecule has 0 aromatic carbocycles. The summed E-state index contributed by atoms with van der Waals surface area (Å²) < 4.78 is 41.4. The maximum Gasteiger partial charge on any atom is 0.419 e. The minimum Gasteiger partial charge on any atom is -0.354 e. The molecule has 0 radical (unpaired) electrons. The van der Waals surface area contributed by atoms with Gasteiger partial charge in [0.25, 0.3) is 5.91 Å². The van der Waals surface area contributed by atoms with E-state index in [0.29, 0.717) is 25.1 Å². The number of carbonyl (C=O) groups excluding carboxylic acids is 1. The Bertz CT molecular complexity index is 789. The van der Waals surface area contributed by atoms with Crippen LogP contribution in [0.15, 0.2) is 30.7 Å². The van der Waals surface area contributed by atoms with Crippen LogP contribution in [0.25, 0.3) is 0 Å². The first kappa shape index (κ1) is 18.2. The molecular formula is C17H20F3N5O. The topological polar surface area (TPSA) is 54.3 Å². The number of aromatic nitrogens is 3. The number of hydrogen-bond donors (Lipinski definition) is 0. The van der Waals surface area contributed by atoms with Crippen molar-refractivity contribution in [3.63, 3.8) is 0 Å². The molecule has 0 bridgehead atoms. The highest BCUT2D eigenvalue weighted by atomic mass is 19.4. The van der Waals surface area contributed by atoms with Gasteiger partial charge in [0.2, 0.25) is 0 Å². The number of carbonyl (C=O) groups is 1. The number of alkyl halides is 3. The van der Waals surface area contributed by atoms with E-state index in [1.54, 1.807) is 30.1 Å². The van der Waals surface area contributed by atoms with E-state index in [1.807, 2.05) is 0 Å². The van der Waals surface area contributed by atoms with Crippen LogP contribution >= 0.6 is 0 Å². The SMILES string of the molecule is CN(C(=O)c1cnn(C)c1)C1CCCN(c2ncccc2C(F)(F)F)C1. The predicted octanol–water partition coefficient (Wildman–Crippen LogP) is 2.57. The maximum atomic E-state index is 13.3. The molecule has 1 aliphatic rings. The summed E-state index contributed by atoms with van der Waals surface area (Å²) in [7, 11) is 3.39. The molecule has 9 heteroatoms. The van der Waals surface area contributed by atoms with Gasteiger partial charge in [-0.05, 0) is 25.0 Å². The Hall–Kier alpha value is -2.58. The van der Waals surface area contributed by atoms with Crippen molar-refractivity contribution in [1.29, 1.82) is 0 Å². The molecule has 1 saturated heterocycles. The second-order valence-electron chi connectivity index (χ2n) is 6.43. The van der Waals surface area contributed by atoms with E-state index in [9.17, 15) is 18.0 Å². The van der Waals surface area contributed by atoms with Crippen LogP contribution in [0, 0.1) is 0 Å². The van der Waals surface area contributed by atoms with Gasteiger partial charge in [-0.3, -0.25) is 9.48 Å². The monoisotopic (exact) mass is 367 g/mol. The normalized spacial score (nSPS) is 18.0. The number of aryl methyl sites for hydroxylation is 1. The van der Waals surface area contributed by atoms with Crippen molar-refractivity contribution in [3.05, 3.63) is 41.9 Å². The second-order valence-corrected chi connectivity index (χ2v) is 6.43. The van der Waals surface area contributed by atoms with Crippen molar-refractivity contribution >= 4 is 11.7 Å². The first-order valence-electron chi connectivity index (χ1n) is 8.30. The number of amides is 1. The van der Waals surface area contributed by atoms with E-state index >= 15 is 0 Å². The zero-order valence-electron chi connectivity index (χ0n) is 14.6. The number of hydrogen-bond acceptors (Lipinski definition) is 4. The lowest BCUT2D eigenvalue weighted by Gasteiger charge is -2.38. The molecule has 3 heterocycles. The average molecular weight is 367 g/mol. The fourth-order valence-electron chi connectivity index (χ4n) is 3.23. The standard InChI is InChI=1S/C17H20F3N5O/c1-23-10-12(9-22-23)16(26)24(2)13-5-4-8-25(11-13)15-14(17(18,19)20)6-3-7-21-15/h3,6-7,9-10,13H,4-5,8,11H2,1-2H3. The maximum absolute atomic E-state index is 13.3. The third-order valence-corrected chi connectivity index (χ3v) is 4.61. The molecule has 1 fully saturated rings. The summed E-state index contributed by atoms with van der Waals surface area (Å²) >= 11 is 0. The molecule has 3 rings (SSSR count). The van der Waals surface area contributed by atoms with Gasteiger partial charge in [-0.1, -0.05) is 0 Å². The highest BCUT2D eigenvalue weighted by Crippen LogP contribution is 2.36. The Morgan fingerprint density at radius 1 is 1.38 bits per heavy atom. The van der Waals surface area contributed by atoms with E-state index in [1.165, 1.54) is 23.1 Å². The largest absolute Gasteiger partial charge is 0.419 e. The van der Waals surface area contributed by atoms with Crippen LogP contribution in [0.4, 0.5) is 19.0 Å². The van der Waals surface area contributed by atoms with Gasteiger partial charge in [-0.2, -0.15) is 18.3 Å². The lowest BCUT2D eigenvalue weighted by Crippen LogP contribution is -2.49.